The third-order valence-electron chi connectivity index (χ3n) is 4.88. The van der Waals surface area contributed by atoms with Crippen LogP contribution in [0.4, 0.5) is 0 Å². The molecule has 3 rings (SSSR count). The Kier molecular flexibility index (Phi) is 6.09. The largest absolute Gasteiger partial charge is 0.507 e. The molecule has 0 saturated carbocycles. The van der Waals surface area contributed by atoms with Gasteiger partial charge in [-0.25, -0.2) is 4.99 Å². The number of rotatable bonds is 6. The monoisotopic (exact) mass is 377 g/mol. The maximum atomic E-state index is 9.70. The molecule has 0 fully saturated rings. The Morgan fingerprint density at radius 1 is 1.39 bits per heavy atom. The van der Waals surface area contributed by atoms with Crippen molar-refractivity contribution in [3.8, 4) is 11.8 Å². The van der Waals surface area contributed by atoms with E-state index in [9.17, 15) is 5.11 Å². The van der Waals surface area contributed by atoms with Crippen molar-refractivity contribution in [1.29, 1.82) is 5.26 Å². The quantitative estimate of drug-likeness (QED) is 0.531. The molecule has 1 atom stereocenters. The average molecular weight is 377 g/mol. The van der Waals surface area contributed by atoms with Gasteiger partial charge in [-0.15, -0.1) is 0 Å². The normalized spacial score (nSPS) is 15.8. The molecule has 6 heteroatoms. The van der Waals surface area contributed by atoms with Crippen molar-refractivity contribution in [2.75, 3.05) is 20.3 Å². The number of benzene rings is 2. The van der Waals surface area contributed by atoms with E-state index in [0.717, 1.165) is 18.4 Å². The van der Waals surface area contributed by atoms with Gasteiger partial charge in [-0.05, 0) is 42.2 Å². The van der Waals surface area contributed by atoms with Crippen LogP contribution in [0.3, 0.4) is 0 Å². The van der Waals surface area contributed by atoms with Crippen molar-refractivity contribution >= 4 is 11.6 Å². The van der Waals surface area contributed by atoms with Crippen molar-refractivity contribution in [3.63, 3.8) is 0 Å². The van der Waals surface area contributed by atoms with Crippen LogP contribution in [0.25, 0.3) is 5.70 Å². The molecule has 1 aliphatic rings. The van der Waals surface area contributed by atoms with Crippen molar-refractivity contribution in [3.05, 3.63) is 70.8 Å². The summed E-state index contributed by atoms with van der Waals surface area (Å²) in [4.78, 5) is 4.55. The van der Waals surface area contributed by atoms with E-state index in [0.29, 0.717) is 23.7 Å². The summed E-state index contributed by atoms with van der Waals surface area (Å²) in [5.74, 6) is 0.245. The zero-order valence-corrected chi connectivity index (χ0v) is 15.8. The molecule has 0 heterocycles. The Morgan fingerprint density at radius 2 is 2.21 bits per heavy atom. The van der Waals surface area contributed by atoms with E-state index in [-0.39, 0.29) is 24.0 Å². The number of methoxy groups -OCH3 is 1. The van der Waals surface area contributed by atoms with E-state index in [1.165, 1.54) is 30.4 Å². The zero-order valence-electron chi connectivity index (χ0n) is 15.8. The molecule has 0 spiro atoms. The second-order valence-electron chi connectivity index (χ2n) is 6.55. The molecule has 6 nitrogen and oxygen atoms in total. The number of aliphatic hydroxyl groups is 1. The summed E-state index contributed by atoms with van der Waals surface area (Å²) < 4.78 is 5.42. The van der Waals surface area contributed by atoms with Crippen LogP contribution in [-0.4, -0.2) is 36.4 Å². The van der Waals surface area contributed by atoms with Gasteiger partial charge in [0.05, 0.1) is 25.0 Å². The SMILES string of the molecule is C=C(N=C(OC)c1ccc(O)c(C#N)c1)c1cccc2c1CCC2NCCO. The van der Waals surface area contributed by atoms with Crippen LogP contribution in [0.1, 0.15) is 40.3 Å². The lowest BCUT2D eigenvalue weighted by molar-refractivity contribution is 0.284. The number of fused-ring (bicyclic) bond motifs is 1. The predicted molar refractivity (Wildman–Crippen MR) is 108 cm³/mol. The Balaban J connectivity index is 1.92. The van der Waals surface area contributed by atoms with Gasteiger partial charge in [0.15, 0.2) is 0 Å². The first-order valence-electron chi connectivity index (χ1n) is 9.10. The number of nitrogens with zero attached hydrogens (tertiary/aromatic N) is 2. The summed E-state index contributed by atoms with van der Waals surface area (Å²) in [7, 11) is 1.51. The molecular weight excluding hydrogens is 354 g/mol. The summed E-state index contributed by atoms with van der Waals surface area (Å²) in [5, 5.41) is 31.2. The van der Waals surface area contributed by atoms with Crippen LogP contribution in [0, 0.1) is 11.3 Å². The predicted octanol–water partition coefficient (Wildman–Crippen LogP) is 2.90. The standard InChI is InChI=1S/C22H23N3O3/c1-14(25-22(28-2)15-6-9-21(27)16(12-15)13-23)17-4-3-5-19-18(17)7-8-20(19)24-10-11-26/h3-6,9,12,20,24,26-27H,1,7-8,10-11H2,2H3. The van der Waals surface area contributed by atoms with Crippen molar-refractivity contribution in [2.45, 2.75) is 18.9 Å². The molecule has 0 amide bonds. The molecule has 0 radical (unpaired) electrons. The highest BCUT2D eigenvalue weighted by Crippen LogP contribution is 2.36. The lowest BCUT2D eigenvalue weighted by Crippen LogP contribution is -2.22. The van der Waals surface area contributed by atoms with Crippen LogP contribution < -0.4 is 5.32 Å². The van der Waals surface area contributed by atoms with Crippen molar-refractivity contribution in [2.24, 2.45) is 4.99 Å². The van der Waals surface area contributed by atoms with Crippen LogP contribution >= 0.6 is 0 Å². The number of aliphatic hydroxyl groups excluding tert-OH is 1. The molecule has 2 aromatic carbocycles. The fraction of sp³-hybridized carbons (Fsp3) is 0.273. The summed E-state index contributed by atoms with van der Waals surface area (Å²) >= 11 is 0. The van der Waals surface area contributed by atoms with E-state index >= 15 is 0 Å². The van der Waals surface area contributed by atoms with Gasteiger partial charge in [-0.3, -0.25) is 0 Å². The molecule has 0 aliphatic heterocycles. The zero-order chi connectivity index (χ0) is 20.1. The minimum Gasteiger partial charge on any atom is -0.507 e. The Hall–Kier alpha value is -3.14. The Bertz CT molecular complexity index is 960. The highest BCUT2D eigenvalue weighted by molar-refractivity contribution is 5.98. The van der Waals surface area contributed by atoms with Gasteiger partial charge in [0.25, 0.3) is 0 Å². The Morgan fingerprint density at radius 3 is 2.93 bits per heavy atom. The molecule has 28 heavy (non-hydrogen) atoms. The van der Waals surface area contributed by atoms with Crippen LogP contribution in [-0.2, 0) is 11.2 Å². The van der Waals surface area contributed by atoms with Crippen LogP contribution in [0.5, 0.6) is 5.75 Å². The van der Waals surface area contributed by atoms with Gasteiger partial charge < -0.3 is 20.3 Å². The third-order valence-corrected chi connectivity index (χ3v) is 4.88. The highest BCUT2D eigenvalue weighted by atomic mass is 16.5. The highest BCUT2D eigenvalue weighted by Gasteiger charge is 2.24. The molecule has 0 aromatic heterocycles. The number of hydrogen-bond donors (Lipinski definition) is 3. The lowest BCUT2D eigenvalue weighted by Gasteiger charge is -2.14. The van der Waals surface area contributed by atoms with E-state index in [2.05, 4.69) is 23.0 Å². The van der Waals surface area contributed by atoms with Crippen LogP contribution in [0.15, 0.2) is 48.0 Å². The first-order chi connectivity index (χ1) is 13.6. The molecule has 144 valence electrons. The summed E-state index contributed by atoms with van der Waals surface area (Å²) in [6.07, 6.45) is 1.87. The van der Waals surface area contributed by atoms with Crippen LogP contribution in [0.2, 0.25) is 0 Å². The number of nitrogens with one attached hydrogen (secondary N) is 1. The fourth-order valence-corrected chi connectivity index (χ4v) is 3.54. The molecule has 3 N–H and O–H groups in total. The maximum absolute atomic E-state index is 9.70. The Labute approximate surface area is 164 Å². The third kappa shape index (κ3) is 3.91. The number of aromatic hydroxyl groups is 1. The number of hydrogen-bond acceptors (Lipinski definition) is 6. The van der Waals surface area contributed by atoms with Gasteiger partial charge in [0.2, 0.25) is 5.90 Å². The minimum absolute atomic E-state index is 0.0807. The van der Waals surface area contributed by atoms with Crippen molar-refractivity contribution in [1.82, 2.24) is 5.32 Å². The topological polar surface area (TPSA) is 97.9 Å². The van der Waals surface area contributed by atoms with E-state index < -0.39 is 0 Å². The average Bonchev–Trinajstić information content (AvgIpc) is 3.13. The van der Waals surface area contributed by atoms with E-state index in [4.69, 9.17) is 15.1 Å². The summed E-state index contributed by atoms with van der Waals surface area (Å²) in [6, 6.07) is 12.9. The maximum Gasteiger partial charge on any atom is 0.221 e. The number of aliphatic imine (C=N–C) groups is 1. The number of nitriles is 1. The number of phenolic OH excluding ortho intramolecular Hbond substituents is 1. The molecule has 0 saturated heterocycles. The van der Waals surface area contributed by atoms with Gasteiger partial charge in [-0.2, -0.15) is 5.26 Å². The van der Waals surface area contributed by atoms with Gasteiger partial charge >= 0.3 is 0 Å². The van der Waals surface area contributed by atoms with Gasteiger partial charge in [0, 0.05) is 23.7 Å². The van der Waals surface area contributed by atoms with Crippen molar-refractivity contribution < 1.29 is 14.9 Å². The number of ether oxygens (including phenoxy) is 1. The molecule has 0 bridgehead atoms. The smallest absolute Gasteiger partial charge is 0.221 e. The summed E-state index contributed by atoms with van der Waals surface area (Å²) in [5.41, 5.74) is 4.69. The fourth-order valence-electron chi connectivity index (χ4n) is 3.54. The van der Waals surface area contributed by atoms with Gasteiger partial charge in [0.1, 0.15) is 11.8 Å². The molecular formula is C22H23N3O3. The molecule has 2 aromatic rings. The first-order valence-corrected chi connectivity index (χ1v) is 9.10. The second kappa shape index (κ2) is 8.70. The number of phenols is 1. The second-order valence-corrected chi connectivity index (χ2v) is 6.55. The first kappa shape index (κ1) is 19.6. The van der Waals surface area contributed by atoms with E-state index in [1.54, 1.807) is 6.07 Å². The minimum atomic E-state index is -0.0807. The van der Waals surface area contributed by atoms with E-state index in [1.807, 2.05) is 18.2 Å². The molecule has 1 aliphatic carbocycles. The molecule has 1 unspecified atom stereocenters. The summed E-state index contributed by atoms with van der Waals surface area (Å²) in [6.45, 7) is 4.79. The lowest BCUT2D eigenvalue weighted by atomic mass is 10.0. The van der Waals surface area contributed by atoms with Gasteiger partial charge in [-0.1, -0.05) is 24.8 Å².